The van der Waals surface area contributed by atoms with E-state index >= 15 is 0 Å². The molecule has 3 rings (SSSR count). The lowest BCUT2D eigenvalue weighted by Gasteiger charge is -2.14. The van der Waals surface area contributed by atoms with Gasteiger partial charge in [0, 0.05) is 22.9 Å². The Kier molecular flexibility index (Phi) is 2.44. The highest BCUT2D eigenvalue weighted by Gasteiger charge is 2.18. The Hall–Kier alpha value is -1.68. The molecule has 0 unspecified atom stereocenters. The van der Waals surface area contributed by atoms with Gasteiger partial charge in [-0.3, -0.25) is 4.79 Å². The summed E-state index contributed by atoms with van der Waals surface area (Å²) in [6.07, 6.45) is 2.63. The number of nitrogens with zero attached hydrogens (tertiary/aromatic N) is 1. The van der Waals surface area contributed by atoms with Crippen LogP contribution in [-0.2, 0) is 6.42 Å². The van der Waals surface area contributed by atoms with E-state index < -0.39 is 0 Å². The van der Waals surface area contributed by atoms with Crippen molar-refractivity contribution in [1.82, 2.24) is 4.98 Å². The average molecular weight is 244 g/mol. The highest BCUT2D eigenvalue weighted by molar-refractivity contribution is 7.13. The third-order valence-corrected chi connectivity index (χ3v) is 3.94. The number of nitrogens with two attached hydrogens (primary N) is 1. The van der Waals surface area contributed by atoms with Crippen LogP contribution in [0.2, 0.25) is 0 Å². The standard InChI is InChI=1S/C13H12N2OS/c14-12-7-17-13(15-12)9-5-4-8-2-1-3-11(16)10(8)6-9/h4-7H,1-3,14H2. The van der Waals surface area contributed by atoms with Gasteiger partial charge in [-0.25, -0.2) is 4.98 Å². The van der Waals surface area contributed by atoms with Crippen LogP contribution in [0.25, 0.3) is 10.6 Å². The predicted octanol–water partition coefficient (Wildman–Crippen LogP) is 2.91. The Morgan fingerprint density at radius 1 is 1.29 bits per heavy atom. The lowest BCUT2D eigenvalue weighted by atomic mass is 9.89. The summed E-state index contributed by atoms with van der Waals surface area (Å²) in [6.45, 7) is 0. The van der Waals surface area contributed by atoms with Gasteiger partial charge in [-0.1, -0.05) is 12.1 Å². The van der Waals surface area contributed by atoms with Crippen LogP contribution in [0.1, 0.15) is 28.8 Å². The maximum atomic E-state index is 11.8. The van der Waals surface area contributed by atoms with Gasteiger partial charge in [0.15, 0.2) is 5.78 Å². The van der Waals surface area contributed by atoms with Gasteiger partial charge in [0.1, 0.15) is 10.8 Å². The fourth-order valence-corrected chi connectivity index (χ4v) is 2.89. The van der Waals surface area contributed by atoms with Crippen LogP contribution >= 0.6 is 11.3 Å². The molecular formula is C13H12N2OS. The Morgan fingerprint density at radius 2 is 2.18 bits per heavy atom. The number of aromatic nitrogens is 1. The predicted molar refractivity (Wildman–Crippen MR) is 69.2 cm³/mol. The second-order valence-corrected chi connectivity index (χ2v) is 5.08. The van der Waals surface area contributed by atoms with E-state index in [1.807, 2.05) is 23.6 Å². The number of benzene rings is 1. The second kappa shape index (κ2) is 3.96. The summed E-state index contributed by atoms with van der Waals surface area (Å²) in [5.41, 5.74) is 8.63. The number of Topliss-reactive ketones (excluding diaryl/α,β-unsaturated/α-hetero) is 1. The summed E-state index contributed by atoms with van der Waals surface area (Å²) in [5.74, 6) is 0.784. The van der Waals surface area contributed by atoms with Gasteiger partial charge in [0.2, 0.25) is 0 Å². The zero-order valence-electron chi connectivity index (χ0n) is 9.27. The van der Waals surface area contributed by atoms with Gasteiger partial charge in [-0.2, -0.15) is 0 Å². The maximum Gasteiger partial charge on any atom is 0.163 e. The number of carbonyl (C=O) groups is 1. The summed E-state index contributed by atoms with van der Waals surface area (Å²) in [4.78, 5) is 16.1. The monoisotopic (exact) mass is 244 g/mol. The van der Waals surface area contributed by atoms with E-state index in [1.54, 1.807) is 0 Å². The van der Waals surface area contributed by atoms with Crippen LogP contribution in [0.5, 0.6) is 0 Å². The van der Waals surface area contributed by atoms with Crippen LogP contribution < -0.4 is 5.73 Å². The number of hydrogen-bond acceptors (Lipinski definition) is 4. The molecule has 86 valence electrons. The molecule has 0 amide bonds. The molecule has 0 radical (unpaired) electrons. The largest absolute Gasteiger partial charge is 0.383 e. The lowest BCUT2D eigenvalue weighted by molar-refractivity contribution is 0.0972. The zero-order valence-corrected chi connectivity index (χ0v) is 10.1. The third-order valence-electron chi connectivity index (χ3n) is 3.03. The van der Waals surface area contributed by atoms with Crippen LogP contribution in [-0.4, -0.2) is 10.8 Å². The van der Waals surface area contributed by atoms with E-state index in [1.165, 1.54) is 11.3 Å². The van der Waals surface area contributed by atoms with E-state index in [0.29, 0.717) is 12.2 Å². The van der Waals surface area contributed by atoms with Gasteiger partial charge in [0.25, 0.3) is 0 Å². The van der Waals surface area contributed by atoms with Crippen molar-refractivity contribution in [3.63, 3.8) is 0 Å². The van der Waals surface area contributed by atoms with E-state index in [2.05, 4.69) is 4.98 Å². The molecular weight excluding hydrogens is 232 g/mol. The van der Waals surface area contributed by atoms with Crippen LogP contribution in [0.15, 0.2) is 23.6 Å². The van der Waals surface area contributed by atoms with Gasteiger partial charge in [-0.05, 0) is 24.5 Å². The number of anilines is 1. The lowest BCUT2D eigenvalue weighted by Crippen LogP contribution is -2.10. The van der Waals surface area contributed by atoms with E-state index in [9.17, 15) is 4.79 Å². The van der Waals surface area contributed by atoms with Crippen LogP contribution in [0.3, 0.4) is 0 Å². The summed E-state index contributed by atoms with van der Waals surface area (Å²) in [6, 6.07) is 6.02. The molecule has 17 heavy (non-hydrogen) atoms. The van der Waals surface area contributed by atoms with Crippen molar-refractivity contribution >= 4 is 22.9 Å². The zero-order chi connectivity index (χ0) is 11.8. The summed E-state index contributed by atoms with van der Waals surface area (Å²) < 4.78 is 0. The number of carbonyl (C=O) groups excluding carboxylic acids is 1. The number of rotatable bonds is 1. The van der Waals surface area contributed by atoms with Gasteiger partial charge in [-0.15, -0.1) is 11.3 Å². The molecule has 0 fully saturated rings. The third kappa shape index (κ3) is 1.85. The van der Waals surface area contributed by atoms with Crippen molar-refractivity contribution in [3.05, 3.63) is 34.7 Å². The molecule has 1 aliphatic rings. The number of nitrogen functional groups attached to an aromatic ring is 1. The first-order valence-corrected chi connectivity index (χ1v) is 6.49. The number of fused-ring (bicyclic) bond motifs is 1. The fourth-order valence-electron chi connectivity index (χ4n) is 2.18. The van der Waals surface area contributed by atoms with E-state index in [-0.39, 0.29) is 5.78 Å². The fraction of sp³-hybridized carbons (Fsp3) is 0.231. The minimum Gasteiger partial charge on any atom is -0.383 e. The number of hydrogen-bond donors (Lipinski definition) is 1. The van der Waals surface area contributed by atoms with Crippen molar-refractivity contribution in [2.45, 2.75) is 19.3 Å². The summed E-state index contributed by atoms with van der Waals surface area (Å²) in [7, 11) is 0. The number of thiazole rings is 1. The van der Waals surface area contributed by atoms with Crippen LogP contribution in [0, 0.1) is 0 Å². The Morgan fingerprint density at radius 3 is 2.94 bits per heavy atom. The molecule has 2 aromatic rings. The molecule has 1 aliphatic carbocycles. The van der Waals surface area contributed by atoms with E-state index in [4.69, 9.17) is 5.73 Å². The Balaban J connectivity index is 2.08. The first-order chi connectivity index (χ1) is 8.24. The summed E-state index contributed by atoms with van der Waals surface area (Å²) in [5, 5.41) is 2.69. The molecule has 0 spiro atoms. The molecule has 3 nitrogen and oxygen atoms in total. The Bertz CT molecular complexity index is 589. The molecule has 1 aromatic carbocycles. The van der Waals surface area contributed by atoms with Gasteiger partial charge >= 0.3 is 0 Å². The van der Waals surface area contributed by atoms with E-state index in [0.717, 1.165) is 34.5 Å². The first-order valence-electron chi connectivity index (χ1n) is 5.61. The van der Waals surface area contributed by atoms with Crippen molar-refractivity contribution in [2.24, 2.45) is 0 Å². The normalized spacial score (nSPS) is 14.7. The number of aryl methyl sites for hydroxylation is 1. The first kappa shape index (κ1) is 10.5. The SMILES string of the molecule is Nc1csc(-c2ccc3c(c2)C(=O)CCC3)n1. The molecule has 0 saturated carbocycles. The minimum atomic E-state index is 0.248. The molecule has 2 N–H and O–H groups in total. The molecule has 0 aliphatic heterocycles. The highest BCUT2D eigenvalue weighted by atomic mass is 32.1. The molecule has 1 aromatic heterocycles. The van der Waals surface area contributed by atoms with Crippen molar-refractivity contribution in [3.8, 4) is 10.6 Å². The quantitative estimate of drug-likeness (QED) is 0.839. The Labute approximate surface area is 103 Å². The minimum absolute atomic E-state index is 0.248. The van der Waals surface area contributed by atoms with Crippen LogP contribution in [0.4, 0.5) is 5.82 Å². The molecule has 1 heterocycles. The molecule has 4 heteroatoms. The van der Waals surface area contributed by atoms with Gasteiger partial charge in [0.05, 0.1) is 0 Å². The maximum absolute atomic E-state index is 11.8. The molecule has 0 atom stereocenters. The smallest absolute Gasteiger partial charge is 0.163 e. The second-order valence-electron chi connectivity index (χ2n) is 4.23. The molecule has 0 bridgehead atoms. The van der Waals surface area contributed by atoms with Gasteiger partial charge < -0.3 is 5.73 Å². The molecule has 0 saturated heterocycles. The average Bonchev–Trinajstić information content (AvgIpc) is 2.76. The highest BCUT2D eigenvalue weighted by Crippen LogP contribution is 2.29. The van der Waals surface area contributed by atoms with Crippen molar-refractivity contribution in [2.75, 3.05) is 5.73 Å². The van der Waals surface area contributed by atoms with Crippen molar-refractivity contribution < 1.29 is 4.79 Å². The number of ketones is 1. The van der Waals surface area contributed by atoms with Crippen molar-refractivity contribution in [1.29, 1.82) is 0 Å². The topological polar surface area (TPSA) is 56.0 Å². The summed E-state index contributed by atoms with van der Waals surface area (Å²) >= 11 is 1.51.